The van der Waals surface area contributed by atoms with Crippen LogP contribution < -0.4 is 5.32 Å². The van der Waals surface area contributed by atoms with Crippen LogP contribution in [0, 0.1) is 0 Å². The average molecular weight is 235 g/mol. The van der Waals surface area contributed by atoms with Gasteiger partial charge >= 0.3 is 0 Å². The molecule has 0 spiro atoms. The third-order valence-corrected chi connectivity index (χ3v) is 4.00. The summed E-state index contributed by atoms with van der Waals surface area (Å²) in [5.41, 5.74) is 1.44. The van der Waals surface area contributed by atoms with Gasteiger partial charge in [0.2, 0.25) is 0 Å². The number of hydrogen-bond acceptors (Lipinski definition) is 3. The van der Waals surface area contributed by atoms with Crippen molar-refractivity contribution < 1.29 is 4.74 Å². The molecule has 0 unspecified atom stereocenters. The Balaban J connectivity index is 1.77. The quantitative estimate of drug-likeness (QED) is 0.848. The molecule has 0 atom stereocenters. The molecule has 1 aromatic rings. The maximum Gasteiger partial charge on any atom is 0.0566 e. The molecule has 2 fully saturated rings. The van der Waals surface area contributed by atoms with Gasteiger partial charge in [-0.2, -0.15) is 5.10 Å². The lowest BCUT2D eigenvalue weighted by atomic mass is 9.94. The Labute approximate surface area is 102 Å². The van der Waals surface area contributed by atoms with Gasteiger partial charge in [0.25, 0.3) is 0 Å². The van der Waals surface area contributed by atoms with E-state index in [4.69, 9.17) is 4.74 Å². The van der Waals surface area contributed by atoms with Crippen molar-refractivity contribution in [1.82, 2.24) is 15.1 Å². The van der Waals surface area contributed by atoms with Crippen LogP contribution in [0.3, 0.4) is 0 Å². The number of rotatable bonds is 2. The number of ether oxygens (including phenoxy) is 1. The Morgan fingerprint density at radius 3 is 2.71 bits per heavy atom. The maximum atomic E-state index is 5.43. The fraction of sp³-hybridized carbons (Fsp3) is 0.769. The van der Waals surface area contributed by atoms with E-state index in [1.807, 2.05) is 6.20 Å². The summed E-state index contributed by atoms with van der Waals surface area (Å²) in [6, 6.07) is 2.77. The predicted molar refractivity (Wildman–Crippen MR) is 66.2 cm³/mol. The summed E-state index contributed by atoms with van der Waals surface area (Å²) in [5, 5.41) is 7.98. The van der Waals surface area contributed by atoms with Crippen LogP contribution in [-0.4, -0.2) is 36.1 Å². The van der Waals surface area contributed by atoms with Gasteiger partial charge in [-0.3, -0.25) is 4.68 Å². The molecular weight excluding hydrogens is 214 g/mol. The highest BCUT2D eigenvalue weighted by molar-refractivity contribution is 5.10. The normalized spacial score (nSPS) is 24.0. The van der Waals surface area contributed by atoms with Crippen LogP contribution in [0.1, 0.15) is 43.3 Å². The number of piperidine rings is 1. The molecule has 2 saturated heterocycles. The molecule has 3 rings (SSSR count). The van der Waals surface area contributed by atoms with Crippen molar-refractivity contribution >= 4 is 0 Å². The standard InChI is InChI=1S/C13H21N3O/c1-6-14-7-2-11(1)13-3-8-15-16(13)12-4-9-17-10-5-12/h3,8,11-12,14H,1-2,4-7,9-10H2. The molecule has 0 saturated carbocycles. The van der Waals surface area contributed by atoms with E-state index in [1.54, 1.807) is 0 Å². The molecule has 0 aliphatic carbocycles. The van der Waals surface area contributed by atoms with E-state index in [9.17, 15) is 0 Å². The number of nitrogens with one attached hydrogen (secondary N) is 1. The van der Waals surface area contributed by atoms with Crippen molar-refractivity contribution in [1.29, 1.82) is 0 Å². The second-order valence-electron chi connectivity index (χ2n) is 5.07. The van der Waals surface area contributed by atoms with E-state index in [-0.39, 0.29) is 0 Å². The van der Waals surface area contributed by atoms with Gasteiger partial charge in [-0.25, -0.2) is 0 Å². The fourth-order valence-corrected chi connectivity index (χ4v) is 3.00. The molecule has 4 nitrogen and oxygen atoms in total. The topological polar surface area (TPSA) is 39.1 Å². The van der Waals surface area contributed by atoms with Gasteiger partial charge in [-0.1, -0.05) is 0 Å². The van der Waals surface area contributed by atoms with Gasteiger partial charge < -0.3 is 10.1 Å². The van der Waals surface area contributed by atoms with Crippen molar-refractivity contribution in [3.05, 3.63) is 18.0 Å². The Kier molecular flexibility index (Phi) is 3.43. The summed E-state index contributed by atoms with van der Waals surface area (Å²) in [5.74, 6) is 0.696. The Hall–Kier alpha value is -0.870. The molecule has 4 heteroatoms. The zero-order valence-electron chi connectivity index (χ0n) is 10.3. The van der Waals surface area contributed by atoms with E-state index < -0.39 is 0 Å². The lowest BCUT2D eigenvalue weighted by molar-refractivity contribution is 0.0649. The molecule has 1 N–H and O–H groups in total. The van der Waals surface area contributed by atoms with E-state index in [2.05, 4.69) is 21.2 Å². The van der Waals surface area contributed by atoms with Crippen LogP contribution in [-0.2, 0) is 4.74 Å². The summed E-state index contributed by atoms with van der Waals surface area (Å²) in [6.45, 7) is 4.06. The number of aromatic nitrogens is 2. The first-order valence-electron chi connectivity index (χ1n) is 6.77. The van der Waals surface area contributed by atoms with Gasteiger partial charge in [0.1, 0.15) is 0 Å². The summed E-state index contributed by atoms with van der Waals surface area (Å²) in [7, 11) is 0. The summed E-state index contributed by atoms with van der Waals surface area (Å²) >= 11 is 0. The van der Waals surface area contributed by atoms with E-state index in [1.165, 1.54) is 18.5 Å². The molecule has 0 bridgehead atoms. The van der Waals surface area contributed by atoms with Gasteiger partial charge in [0, 0.05) is 31.0 Å². The van der Waals surface area contributed by atoms with E-state index in [0.717, 1.165) is 39.1 Å². The third-order valence-electron chi connectivity index (χ3n) is 4.00. The summed E-state index contributed by atoms with van der Waals surface area (Å²) < 4.78 is 7.71. The second-order valence-corrected chi connectivity index (χ2v) is 5.07. The number of hydrogen-bond donors (Lipinski definition) is 1. The second kappa shape index (κ2) is 5.19. The Bertz CT molecular complexity index is 319. The van der Waals surface area contributed by atoms with Crippen LogP contribution in [0.2, 0.25) is 0 Å². The molecule has 1 aromatic heterocycles. The molecule has 94 valence electrons. The monoisotopic (exact) mass is 235 g/mol. The van der Waals surface area contributed by atoms with Crippen LogP contribution in [0.4, 0.5) is 0 Å². The van der Waals surface area contributed by atoms with Gasteiger partial charge in [-0.05, 0) is 44.8 Å². The highest BCUT2D eigenvalue weighted by Gasteiger charge is 2.23. The SMILES string of the molecule is c1cc(C2CCNCC2)n(C2CCOCC2)n1. The van der Waals surface area contributed by atoms with E-state index >= 15 is 0 Å². The average Bonchev–Trinajstić information content (AvgIpc) is 2.90. The smallest absolute Gasteiger partial charge is 0.0566 e. The zero-order chi connectivity index (χ0) is 11.5. The third kappa shape index (κ3) is 2.38. The van der Waals surface area contributed by atoms with Crippen LogP contribution >= 0.6 is 0 Å². The minimum atomic E-state index is 0.559. The fourth-order valence-electron chi connectivity index (χ4n) is 3.00. The van der Waals surface area contributed by atoms with Crippen LogP contribution in [0.15, 0.2) is 12.3 Å². The minimum Gasteiger partial charge on any atom is -0.381 e. The highest BCUT2D eigenvalue weighted by atomic mass is 16.5. The molecule has 0 radical (unpaired) electrons. The number of nitrogens with zero attached hydrogens (tertiary/aromatic N) is 2. The molecule has 0 aromatic carbocycles. The predicted octanol–water partition coefficient (Wildman–Crippen LogP) is 1.70. The van der Waals surface area contributed by atoms with Crippen molar-refractivity contribution in [2.75, 3.05) is 26.3 Å². The molecule has 2 aliphatic rings. The van der Waals surface area contributed by atoms with Gasteiger partial charge in [-0.15, -0.1) is 0 Å². The van der Waals surface area contributed by atoms with Gasteiger partial charge in [0.15, 0.2) is 0 Å². The van der Waals surface area contributed by atoms with Crippen molar-refractivity contribution in [3.63, 3.8) is 0 Å². The first-order valence-corrected chi connectivity index (χ1v) is 6.77. The molecular formula is C13H21N3O. The largest absolute Gasteiger partial charge is 0.381 e. The zero-order valence-corrected chi connectivity index (χ0v) is 10.3. The molecule has 0 amide bonds. The van der Waals surface area contributed by atoms with Crippen molar-refractivity contribution in [2.45, 2.75) is 37.6 Å². The Morgan fingerprint density at radius 2 is 1.94 bits per heavy atom. The minimum absolute atomic E-state index is 0.559. The molecule has 17 heavy (non-hydrogen) atoms. The lowest BCUT2D eigenvalue weighted by Crippen LogP contribution is -2.29. The molecule has 2 aliphatic heterocycles. The van der Waals surface area contributed by atoms with Crippen molar-refractivity contribution in [2.24, 2.45) is 0 Å². The van der Waals surface area contributed by atoms with Crippen molar-refractivity contribution in [3.8, 4) is 0 Å². The Morgan fingerprint density at radius 1 is 1.18 bits per heavy atom. The maximum absolute atomic E-state index is 5.43. The van der Waals surface area contributed by atoms with Gasteiger partial charge in [0.05, 0.1) is 6.04 Å². The van der Waals surface area contributed by atoms with Crippen LogP contribution in [0.25, 0.3) is 0 Å². The first kappa shape index (κ1) is 11.2. The summed E-state index contributed by atoms with van der Waals surface area (Å²) in [4.78, 5) is 0. The lowest BCUT2D eigenvalue weighted by Gasteiger charge is -2.28. The van der Waals surface area contributed by atoms with Crippen LogP contribution in [0.5, 0.6) is 0 Å². The summed E-state index contributed by atoms with van der Waals surface area (Å²) in [6.07, 6.45) is 6.68. The first-order chi connectivity index (χ1) is 8.45. The van der Waals surface area contributed by atoms with E-state index in [0.29, 0.717) is 12.0 Å². The highest BCUT2D eigenvalue weighted by Crippen LogP contribution is 2.29. The molecule has 3 heterocycles.